The van der Waals surface area contributed by atoms with E-state index in [-0.39, 0.29) is 4.90 Å². The van der Waals surface area contributed by atoms with Gasteiger partial charge in [-0.25, -0.2) is 12.8 Å². The number of sulfonamides is 1. The van der Waals surface area contributed by atoms with E-state index < -0.39 is 15.8 Å². The highest BCUT2D eigenvalue weighted by atomic mass is 32.2. The second-order valence-electron chi connectivity index (χ2n) is 5.23. The predicted molar refractivity (Wildman–Crippen MR) is 66.0 cm³/mol. The van der Waals surface area contributed by atoms with Gasteiger partial charge in [-0.3, -0.25) is 0 Å². The van der Waals surface area contributed by atoms with Crippen LogP contribution in [0.1, 0.15) is 19.3 Å². The lowest BCUT2D eigenvalue weighted by Crippen LogP contribution is -2.29. The highest BCUT2D eigenvalue weighted by molar-refractivity contribution is 7.89. The Morgan fingerprint density at radius 3 is 2.17 bits per heavy atom. The highest BCUT2D eigenvalue weighted by Crippen LogP contribution is 2.39. The summed E-state index contributed by atoms with van der Waals surface area (Å²) in [4.78, 5) is 0.198. The van der Waals surface area contributed by atoms with E-state index in [1.165, 1.54) is 30.7 Å². The molecule has 98 valence electrons. The Morgan fingerprint density at radius 2 is 1.61 bits per heavy atom. The first-order valence-electron chi connectivity index (χ1n) is 6.33. The van der Waals surface area contributed by atoms with Gasteiger partial charge in [-0.05, 0) is 48.9 Å². The average molecular weight is 269 g/mol. The quantitative estimate of drug-likeness (QED) is 0.825. The standard InChI is InChI=1S/C13H16FNO2S/c14-12-4-6-13(7-5-12)18(16,17)15-8-10-2-1-3-11(10)9-15/h4-7,10-11H,1-3,8-9H2. The third-order valence-corrected chi connectivity index (χ3v) is 5.99. The molecule has 3 rings (SSSR count). The molecule has 2 fully saturated rings. The summed E-state index contributed by atoms with van der Waals surface area (Å²) in [6.07, 6.45) is 3.50. The Kier molecular flexibility index (Phi) is 2.90. The number of benzene rings is 1. The van der Waals surface area contributed by atoms with Crippen LogP contribution in [-0.2, 0) is 10.0 Å². The van der Waals surface area contributed by atoms with Crippen LogP contribution >= 0.6 is 0 Å². The maximum Gasteiger partial charge on any atom is 0.243 e. The minimum absolute atomic E-state index is 0.198. The average Bonchev–Trinajstić information content (AvgIpc) is 2.89. The number of halogens is 1. The molecule has 0 N–H and O–H groups in total. The van der Waals surface area contributed by atoms with Crippen molar-refractivity contribution in [3.05, 3.63) is 30.1 Å². The van der Waals surface area contributed by atoms with Gasteiger partial charge >= 0.3 is 0 Å². The molecule has 1 aliphatic heterocycles. The number of nitrogens with zero attached hydrogens (tertiary/aromatic N) is 1. The van der Waals surface area contributed by atoms with Crippen LogP contribution in [0.2, 0.25) is 0 Å². The van der Waals surface area contributed by atoms with Crippen molar-refractivity contribution in [3.63, 3.8) is 0 Å². The van der Waals surface area contributed by atoms with E-state index in [4.69, 9.17) is 0 Å². The first kappa shape index (κ1) is 12.1. The van der Waals surface area contributed by atoms with Gasteiger partial charge in [-0.2, -0.15) is 4.31 Å². The lowest BCUT2D eigenvalue weighted by Gasteiger charge is -2.17. The van der Waals surface area contributed by atoms with Gasteiger partial charge in [-0.15, -0.1) is 0 Å². The second-order valence-corrected chi connectivity index (χ2v) is 7.16. The Hall–Kier alpha value is -0.940. The van der Waals surface area contributed by atoms with Gasteiger partial charge in [0.05, 0.1) is 4.90 Å². The molecule has 0 aromatic heterocycles. The van der Waals surface area contributed by atoms with Crippen molar-refractivity contribution >= 4 is 10.0 Å². The molecular weight excluding hydrogens is 253 g/mol. The van der Waals surface area contributed by atoms with Gasteiger partial charge < -0.3 is 0 Å². The molecule has 0 radical (unpaired) electrons. The van der Waals surface area contributed by atoms with Crippen molar-refractivity contribution in [2.24, 2.45) is 11.8 Å². The Balaban J connectivity index is 1.85. The van der Waals surface area contributed by atoms with Crippen molar-refractivity contribution < 1.29 is 12.8 Å². The van der Waals surface area contributed by atoms with Crippen LogP contribution in [0, 0.1) is 17.7 Å². The predicted octanol–water partition coefficient (Wildman–Crippen LogP) is 2.25. The van der Waals surface area contributed by atoms with Crippen LogP contribution in [0.25, 0.3) is 0 Å². The largest absolute Gasteiger partial charge is 0.243 e. The van der Waals surface area contributed by atoms with Gasteiger partial charge in [0.15, 0.2) is 0 Å². The summed E-state index contributed by atoms with van der Waals surface area (Å²) in [5, 5.41) is 0. The fraction of sp³-hybridized carbons (Fsp3) is 0.538. The molecule has 5 heteroatoms. The molecule has 2 aliphatic rings. The van der Waals surface area contributed by atoms with E-state index in [0.29, 0.717) is 24.9 Å². The number of hydrogen-bond donors (Lipinski definition) is 0. The van der Waals surface area contributed by atoms with Crippen LogP contribution < -0.4 is 0 Å². The van der Waals surface area contributed by atoms with Crippen molar-refractivity contribution in [3.8, 4) is 0 Å². The van der Waals surface area contributed by atoms with Crippen LogP contribution in [0.4, 0.5) is 4.39 Å². The summed E-state index contributed by atoms with van der Waals surface area (Å²) < 4.78 is 39.2. The Bertz CT molecular complexity index is 529. The highest BCUT2D eigenvalue weighted by Gasteiger charge is 2.41. The molecule has 0 amide bonds. The van der Waals surface area contributed by atoms with E-state index >= 15 is 0 Å². The normalized spacial score (nSPS) is 28.5. The van der Waals surface area contributed by atoms with Gasteiger partial charge in [0.1, 0.15) is 5.82 Å². The molecule has 1 aromatic rings. The molecule has 1 saturated heterocycles. The molecular formula is C13H16FNO2S. The van der Waals surface area contributed by atoms with E-state index in [1.807, 2.05) is 0 Å². The van der Waals surface area contributed by atoms with Crippen LogP contribution in [0.15, 0.2) is 29.2 Å². The molecule has 2 unspecified atom stereocenters. The summed E-state index contributed by atoms with van der Waals surface area (Å²) in [5.74, 6) is 0.646. The molecule has 3 nitrogen and oxygen atoms in total. The first-order valence-corrected chi connectivity index (χ1v) is 7.77. The fourth-order valence-electron chi connectivity index (χ4n) is 3.14. The Morgan fingerprint density at radius 1 is 1.06 bits per heavy atom. The first-order chi connectivity index (χ1) is 8.57. The minimum atomic E-state index is -3.43. The van der Waals surface area contributed by atoms with E-state index in [1.54, 1.807) is 4.31 Å². The van der Waals surface area contributed by atoms with Crippen molar-refractivity contribution in [1.29, 1.82) is 0 Å². The Labute approximate surface area is 107 Å². The van der Waals surface area contributed by atoms with E-state index in [2.05, 4.69) is 0 Å². The second kappa shape index (κ2) is 4.31. The third kappa shape index (κ3) is 1.95. The summed E-state index contributed by atoms with van der Waals surface area (Å²) >= 11 is 0. The molecule has 1 heterocycles. The van der Waals surface area contributed by atoms with Gasteiger partial charge in [0.25, 0.3) is 0 Å². The van der Waals surface area contributed by atoms with Crippen molar-refractivity contribution in [1.82, 2.24) is 4.31 Å². The maximum atomic E-state index is 12.8. The van der Waals surface area contributed by atoms with Crippen molar-refractivity contribution in [2.45, 2.75) is 24.2 Å². The molecule has 18 heavy (non-hydrogen) atoms. The minimum Gasteiger partial charge on any atom is -0.207 e. The molecule has 1 aromatic carbocycles. The summed E-state index contributed by atoms with van der Waals surface area (Å²) in [5.41, 5.74) is 0. The number of fused-ring (bicyclic) bond motifs is 1. The monoisotopic (exact) mass is 269 g/mol. The lowest BCUT2D eigenvalue weighted by molar-refractivity contribution is 0.445. The topological polar surface area (TPSA) is 37.4 Å². The van der Waals surface area contributed by atoms with E-state index in [0.717, 1.165) is 12.8 Å². The van der Waals surface area contributed by atoms with Gasteiger partial charge in [0, 0.05) is 13.1 Å². The SMILES string of the molecule is O=S(=O)(c1ccc(F)cc1)N1CC2CCCC2C1. The summed E-state index contributed by atoms with van der Waals surface area (Å²) in [6, 6.07) is 5.09. The zero-order valence-electron chi connectivity index (χ0n) is 10.0. The zero-order valence-corrected chi connectivity index (χ0v) is 10.9. The van der Waals surface area contributed by atoms with Crippen LogP contribution in [0.5, 0.6) is 0 Å². The zero-order chi connectivity index (χ0) is 12.8. The smallest absolute Gasteiger partial charge is 0.207 e. The molecule has 1 aliphatic carbocycles. The molecule has 2 atom stereocenters. The summed E-state index contributed by atoms with van der Waals surface area (Å²) in [7, 11) is -3.43. The number of rotatable bonds is 2. The van der Waals surface area contributed by atoms with Crippen LogP contribution in [0.3, 0.4) is 0 Å². The fourth-order valence-corrected chi connectivity index (χ4v) is 4.70. The van der Waals surface area contributed by atoms with Crippen LogP contribution in [-0.4, -0.2) is 25.8 Å². The number of hydrogen-bond acceptors (Lipinski definition) is 2. The molecule has 0 spiro atoms. The molecule has 0 bridgehead atoms. The summed E-state index contributed by atoms with van der Waals surface area (Å²) in [6.45, 7) is 1.26. The molecule has 1 saturated carbocycles. The van der Waals surface area contributed by atoms with Gasteiger partial charge in [0.2, 0.25) is 10.0 Å². The van der Waals surface area contributed by atoms with E-state index in [9.17, 15) is 12.8 Å². The van der Waals surface area contributed by atoms with Gasteiger partial charge in [-0.1, -0.05) is 6.42 Å². The van der Waals surface area contributed by atoms with Crippen molar-refractivity contribution in [2.75, 3.05) is 13.1 Å². The lowest BCUT2D eigenvalue weighted by atomic mass is 10.0. The third-order valence-electron chi connectivity index (χ3n) is 4.14. The maximum absolute atomic E-state index is 12.8.